The minimum atomic E-state index is 0.0736. The van der Waals surface area contributed by atoms with Crippen LogP contribution in [0.5, 0.6) is 0 Å². The minimum Gasteiger partial charge on any atom is -0.343 e. The first kappa shape index (κ1) is 17.9. The SMILES string of the molecule is CN(C(=O)CCC(=O)c1cccs1)C1CCC(c2ccccc2)CC1. The third-order valence-corrected chi connectivity index (χ3v) is 6.18. The Hall–Kier alpha value is -1.94. The predicted molar refractivity (Wildman–Crippen MR) is 102 cm³/mol. The molecule has 1 aromatic heterocycles. The number of hydrogen-bond donors (Lipinski definition) is 0. The minimum absolute atomic E-state index is 0.0736. The smallest absolute Gasteiger partial charge is 0.223 e. The maximum Gasteiger partial charge on any atom is 0.223 e. The van der Waals surface area contributed by atoms with Gasteiger partial charge >= 0.3 is 0 Å². The number of carbonyl (C=O) groups excluding carboxylic acids is 2. The van der Waals surface area contributed by atoms with E-state index in [1.54, 1.807) is 0 Å². The lowest BCUT2D eigenvalue weighted by molar-refractivity contribution is -0.132. The van der Waals surface area contributed by atoms with Gasteiger partial charge in [0.2, 0.25) is 5.91 Å². The zero-order valence-electron chi connectivity index (χ0n) is 14.7. The van der Waals surface area contributed by atoms with Gasteiger partial charge < -0.3 is 4.90 Å². The van der Waals surface area contributed by atoms with Crippen LogP contribution in [0.15, 0.2) is 47.8 Å². The van der Waals surface area contributed by atoms with Crippen LogP contribution in [0.1, 0.15) is 59.7 Å². The Labute approximate surface area is 153 Å². The maximum absolute atomic E-state index is 12.4. The Morgan fingerprint density at radius 2 is 1.72 bits per heavy atom. The molecule has 1 fully saturated rings. The molecule has 3 rings (SSSR count). The molecule has 0 atom stereocenters. The molecule has 1 saturated carbocycles. The molecule has 0 saturated heterocycles. The molecule has 3 nitrogen and oxygen atoms in total. The van der Waals surface area contributed by atoms with Crippen LogP contribution in [0, 0.1) is 0 Å². The van der Waals surface area contributed by atoms with Crippen molar-refractivity contribution in [2.75, 3.05) is 7.05 Å². The van der Waals surface area contributed by atoms with E-state index in [1.165, 1.54) is 16.9 Å². The van der Waals surface area contributed by atoms with Gasteiger partial charge in [0.25, 0.3) is 0 Å². The molecule has 0 aliphatic heterocycles. The first-order valence-electron chi connectivity index (χ1n) is 9.02. The first-order chi connectivity index (χ1) is 12.1. The van der Waals surface area contributed by atoms with Crippen molar-refractivity contribution in [3.63, 3.8) is 0 Å². The second-order valence-corrected chi connectivity index (χ2v) is 7.77. The average Bonchev–Trinajstić information content (AvgIpc) is 3.21. The van der Waals surface area contributed by atoms with Crippen molar-refractivity contribution in [3.05, 3.63) is 58.3 Å². The van der Waals surface area contributed by atoms with Gasteiger partial charge in [-0.1, -0.05) is 36.4 Å². The summed E-state index contributed by atoms with van der Waals surface area (Å²) in [6.45, 7) is 0. The molecule has 4 heteroatoms. The van der Waals surface area contributed by atoms with Gasteiger partial charge in [-0.25, -0.2) is 0 Å². The zero-order chi connectivity index (χ0) is 17.6. The van der Waals surface area contributed by atoms with Crippen LogP contribution in [-0.4, -0.2) is 29.7 Å². The van der Waals surface area contributed by atoms with Gasteiger partial charge in [0, 0.05) is 25.9 Å². The fraction of sp³-hybridized carbons (Fsp3) is 0.429. The number of amides is 1. The van der Waals surface area contributed by atoms with Gasteiger partial charge in [-0.05, 0) is 48.6 Å². The highest BCUT2D eigenvalue weighted by Gasteiger charge is 2.27. The molecule has 25 heavy (non-hydrogen) atoms. The van der Waals surface area contributed by atoms with E-state index in [0.717, 1.165) is 30.6 Å². The van der Waals surface area contributed by atoms with Gasteiger partial charge in [-0.3, -0.25) is 9.59 Å². The second kappa shape index (κ2) is 8.43. The summed E-state index contributed by atoms with van der Waals surface area (Å²) in [5.74, 6) is 0.777. The highest BCUT2D eigenvalue weighted by Crippen LogP contribution is 2.34. The molecule has 0 spiro atoms. The molecule has 1 heterocycles. The Bertz CT molecular complexity index is 688. The van der Waals surface area contributed by atoms with Crippen LogP contribution in [0.25, 0.3) is 0 Å². The van der Waals surface area contributed by atoms with Crippen molar-refractivity contribution in [2.45, 2.75) is 50.5 Å². The standard InChI is InChI=1S/C21H25NO2S/c1-22(21(24)14-13-19(23)20-8-5-15-25-20)18-11-9-17(10-12-18)16-6-3-2-4-7-16/h2-8,15,17-18H,9-14H2,1H3. The van der Waals surface area contributed by atoms with E-state index < -0.39 is 0 Å². The second-order valence-electron chi connectivity index (χ2n) is 6.82. The summed E-state index contributed by atoms with van der Waals surface area (Å²) in [4.78, 5) is 27.1. The van der Waals surface area contributed by atoms with Crippen LogP contribution >= 0.6 is 11.3 Å². The van der Waals surface area contributed by atoms with E-state index in [0.29, 0.717) is 24.8 Å². The first-order valence-corrected chi connectivity index (χ1v) is 9.90. The van der Waals surface area contributed by atoms with E-state index in [1.807, 2.05) is 29.5 Å². The van der Waals surface area contributed by atoms with Crippen molar-refractivity contribution in [1.29, 1.82) is 0 Å². The lowest BCUT2D eigenvalue weighted by atomic mass is 9.81. The molecular weight excluding hydrogens is 330 g/mol. The van der Waals surface area contributed by atoms with E-state index in [9.17, 15) is 9.59 Å². The predicted octanol–water partition coefficient (Wildman–Crippen LogP) is 4.90. The number of ketones is 1. The highest BCUT2D eigenvalue weighted by molar-refractivity contribution is 7.12. The topological polar surface area (TPSA) is 37.4 Å². The fourth-order valence-corrected chi connectivity index (χ4v) is 4.38. The average molecular weight is 356 g/mol. The van der Waals surface area contributed by atoms with Crippen molar-refractivity contribution < 1.29 is 9.59 Å². The molecule has 1 amide bonds. The molecule has 0 bridgehead atoms. The quantitative estimate of drug-likeness (QED) is 0.692. The largest absolute Gasteiger partial charge is 0.343 e. The molecular formula is C21H25NO2S. The van der Waals surface area contributed by atoms with E-state index in [4.69, 9.17) is 0 Å². The summed E-state index contributed by atoms with van der Waals surface area (Å²) in [6, 6.07) is 14.7. The molecule has 1 aliphatic rings. The summed E-state index contributed by atoms with van der Waals surface area (Å²) in [5.41, 5.74) is 1.41. The summed E-state index contributed by atoms with van der Waals surface area (Å²) in [7, 11) is 1.89. The van der Waals surface area contributed by atoms with Gasteiger partial charge in [0.05, 0.1) is 4.88 Å². The van der Waals surface area contributed by atoms with Crippen LogP contribution in [-0.2, 0) is 4.79 Å². The van der Waals surface area contributed by atoms with Gasteiger partial charge in [0.1, 0.15) is 0 Å². The van der Waals surface area contributed by atoms with Crippen LogP contribution in [0.3, 0.4) is 0 Å². The van der Waals surface area contributed by atoms with Crippen LogP contribution in [0.2, 0.25) is 0 Å². The molecule has 0 unspecified atom stereocenters. The normalized spacial score (nSPS) is 20.2. The Balaban J connectivity index is 1.46. The summed E-state index contributed by atoms with van der Waals surface area (Å²) in [5, 5.41) is 1.90. The number of rotatable bonds is 6. The van der Waals surface area contributed by atoms with Crippen molar-refractivity contribution >= 4 is 23.0 Å². The Morgan fingerprint density at radius 1 is 1.00 bits per heavy atom. The summed E-state index contributed by atoms with van der Waals surface area (Å²) in [6.07, 6.45) is 4.96. The molecule has 0 radical (unpaired) electrons. The molecule has 132 valence electrons. The third-order valence-electron chi connectivity index (χ3n) is 5.27. The molecule has 1 aromatic carbocycles. The van der Waals surface area contributed by atoms with E-state index >= 15 is 0 Å². The van der Waals surface area contributed by atoms with Crippen molar-refractivity contribution in [3.8, 4) is 0 Å². The lowest BCUT2D eigenvalue weighted by Crippen LogP contribution is -2.39. The number of carbonyl (C=O) groups is 2. The van der Waals surface area contributed by atoms with E-state index in [-0.39, 0.29) is 11.7 Å². The third kappa shape index (κ3) is 4.57. The number of Topliss-reactive ketones (excluding diaryl/α,β-unsaturated/α-hetero) is 1. The number of hydrogen-bond acceptors (Lipinski definition) is 3. The lowest BCUT2D eigenvalue weighted by Gasteiger charge is -2.35. The van der Waals surface area contributed by atoms with Crippen LogP contribution < -0.4 is 0 Å². The number of nitrogens with zero attached hydrogens (tertiary/aromatic N) is 1. The summed E-state index contributed by atoms with van der Waals surface area (Å²) < 4.78 is 0. The maximum atomic E-state index is 12.4. The van der Waals surface area contributed by atoms with Crippen molar-refractivity contribution in [1.82, 2.24) is 4.90 Å². The monoisotopic (exact) mass is 355 g/mol. The van der Waals surface area contributed by atoms with Gasteiger partial charge in [0.15, 0.2) is 5.78 Å². The Morgan fingerprint density at radius 3 is 2.36 bits per heavy atom. The van der Waals surface area contributed by atoms with Gasteiger partial charge in [-0.2, -0.15) is 0 Å². The van der Waals surface area contributed by atoms with Crippen LogP contribution in [0.4, 0.5) is 0 Å². The molecule has 2 aromatic rings. The molecule has 0 N–H and O–H groups in total. The Kier molecular flexibility index (Phi) is 6.03. The van der Waals surface area contributed by atoms with E-state index in [2.05, 4.69) is 30.3 Å². The highest BCUT2D eigenvalue weighted by atomic mass is 32.1. The fourth-order valence-electron chi connectivity index (χ4n) is 3.68. The molecule has 1 aliphatic carbocycles. The summed E-state index contributed by atoms with van der Waals surface area (Å²) >= 11 is 1.44. The zero-order valence-corrected chi connectivity index (χ0v) is 15.5. The van der Waals surface area contributed by atoms with Gasteiger partial charge in [-0.15, -0.1) is 11.3 Å². The number of benzene rings is 1. The number of thiophene rings is 1. The van der Waals surface area contributed by atoms with Crippen molar-refractivity contribution in [2.24, 2.45) is 0 Å².